The molecule has 0 aliphatic heterocycles. The second kappa shape index (κ2) is 6.39. The van der Waals surface area contributed by atoms with Gasteiger partial charge in [0, 0.05) is 29.4 Å². The maximum atomic E-state index is 11.3. The van der Waals surface area contributed by atoms with Gasteiger partial charge in [0.15, 0.2) is 0 Å². The molecule has 0 saturated carbocycles. The summed E-state index contributed by atoms with van der Waals surface area (Å²) < 4.78 is 0. The molecule has 0 atom stereocenters. The highest BCUT2D eigenvalue weighted by Gasteiger charge is 2.16. The number of H-pyrrole nitrogens is 1. The molecule has 0 aliphatic carbocycles. The molecule has 0 aliphatic rings. The number of hydrogen-bond donors (Lipinski definition) is 2. The summed E-state index contributed by atoms with van der Waals surface area (Å²) >= 11 is 0. The Morgan fingerprint density at radius 3 is 2.67 bits per heavy atom. The van der Waals surface area contributed by atoms with E-state index in [-0.39, 0.29) is 11.6 Å². The van der Waals surface area contributed by atoms with Crippen LogP contribution in [0.5, 0.6) is 0 Å². The Bertz CT molecular complexity index is 1160. The summed E-state index contributed by atoms with van der Waals surface area (Å²) in [5, 5.41) is 18.2. The van der Waals surface area contributed by atoms with Gasteiger partial charge in [0.05, 0.1) is 34.2 Å². The van der Waals surface area contributed by atoms with E-state index in [1.54, 1.807) is 24.4 Å². The number of aromatic amines is 1. The van der Waals surface area contributed by atoms with Gasteiger partial charge in [-0.2, -0.15) is 5.10 Å². The van der Waals surface area contributed by atoms with E-state index >= 15 is 0 Å². The number of nitrogens with one attached hydrogen (secondary N) is 1. The number of benzene rings is 2. The summed E-state index contributed by atoms with van der Waals surface area (Å²) in [6.45, 7) is 4.22. The van der Waals surface area contributed by atoms with Crippen molar-refractivity contribution in [2.75, 3.05) is 11.9 Å². The molecule has 4 rings (SSSR count). The van der Waals surface area contributed by atoms with Crippen LogP contribution in [0.1, 0.15) is 24.2 Å². The number of aromatic carboxylic acids is 1. The molecule has 4 aromatic rings. The fraction of sp³-hybridized carbons (Fsp3) is 0.190. The minimum atomic E-state index is -0.940. The summed E-state index contributed by atoms with van der Waals surface area (Å²) in [6.07, 6.45) is 1.80. The van der Waals surface area contributed by atoms with Crippen molar-refractivity contribution in [2.45, 2.75) is 19.9 Å². The van der Waals surface area contributed by atoms with Crippen molar-refractivity contribution in [2.24, 2.45) is 0 Å². The third-order valence-electron chi connectivity index (χ3n) is 4.91. The minimum Gasteiger partial charge on any atom is -0.478 e. The van der Waals surface area contributed by atoms with Gasteiger partial charge in [-0.05, 0) is 50.2 Å². The Morgan fingerprint density at radius 1 is 1.11 bits per heavy atom. The maximum Gasteiger partial charge on any atom is 0.335 e. The van der Waals surface area contributed by atoms with Crippen LogP contribution < -0.4 is 4.90 Å². The van der Waals surface area contributed by atoms with Gasteiger partial charge in [0.25, 0.3) is 0 Å². The molecule has 2 heterocycles. The van der Waals surface area contributed by atoms with E-state index in [0.717, 1.165) is 38.8 Å². The van der Waals surface area contributed by atoms with E-state index in [2.05, 4.69) is 35.0 Å². The Kier molecular flexibility index (Phi) is 4.03. The first-order valence-electron chi connectivity index (χ1n) is 8.78. The second-order valence-corrected chi connectivity index (χ2v) is 6.95. The second-order valence-electron chi connectivity index (χ2n) is 6.95. The van der Waals surface area contributed by atoms with Crippen molar-refractivity contribution < 1.29 is 9.90 Å². The smallest absolute Gasteiger partial charge is 0.335 e. The Balaban J connectivity index is 1.97. The normalized spacial score (nSPS) is 11.4. The third-order valence-corrected chi connectivity index (χ3v) is 4.91. The van der Waals surface area contributed by atoms with Gasteiger partial charge >= 0.3 is 5.97 Å². The van der Waals surface area contributed by atoms with E-state index < -0.39 is 5.97 Å². The molecule has 2 N–H and O–H groups in total. The Morgan fingerprint density at radius 2 is 1.93 bits per heavy atom. The zero-order chi connectivity index (χ0) is 19.1. The van der Waals surface area contributed by atoms with E-state index in [9.17, 15) is 9.90 Å². The molecule has 0 fully saturated rings. The number of carboxylic acid groups (broad SMARTS) is 1. The number of rotatable bonds is 4. The SMILES string of the molecule is CC(C)N(C)c1cc2cc(C(=O)O)ccc2nc1-c1ccc2[nH]ncc2c1. The highest BCUT2D eigenvalue weighted by atomic mass is 16.4. The van der Waals surface area contributed by atoms with Gasteiger partial charge in [-0.15, -0.1) is 0 Å². The van der Waals surface area contributed by atoms with Crippen LogP contribution in [-0.2, 0) is 0 Å². The molecular formula is C21H20N4O2. The first kappa shape index (κ1) is 17.0. The number of aromatic nitrogens is 3. The lowest BCUT2D eigenvalue weighted by Gasteiger charge is -2.26. The van der Waals surface area contributed by atoms with Crippen LogP contribution in [0.25, 0.3) is 33.1 Å². The summed E-state index contributed by atoms with van der Waals surface area (Å²) in [6, 6.07) is 13.4. The first-order chi connectivity index (χ1) is 12.9. The first-order valence-corrected chi connectivity index (χ1v) is 8.78. The summed E-state index contributed by atoms with van der Waals surface area (Å²) in [5.74, 6) is -0.940. The number of fused-ring (bicyclic) bond motifs is 2. The lowest BCUT2D eigenvalue weighted by atomic mass is 10.0. The summed E-state index contributed by atoms with van der Waals surface area (Å²) in [7, 11) is 2.02. The van der Waals surface area contributed by atoms with Crippen molar-refractivity contribution >= 4 is 33.5 Å². The van der Waals surface area contributed by atoms with Gasteiger partial charge in [0.2, 0.25) is 0 Å². The number of nitrogens with zero attached hydrogens (tertiary/aromatic N) is 3. The van der Waals surface area contributed by atoms with Crippen molar-refractivity contribution in [3.8, 4) is 11.3 Å². The van der Waals surface area contributed by atoms with E-state index in [1.165, 1.54) is 0 Å². The highest BCUT2D eigenvalue weighted by molar-refractivity contribution is 5.96. The standard InChI is InChI=1S/C21H20N4O2/c1-12(2)25(3)19-10-15-9-14(21(26)27)5-6-17(15)23-20(19)13-4-7-18-16(8-13)11-22-24-18/h4-12H,1-3H3,(H,22,24)(H,26,27). The molecule has 6 heteroatoms. The van der Waals surface area contributed by atoms with Gasteiger partial charge in [0.1, 0.15) is 0 Å². The van der Waals surface area contributed by atoms with Crippen molar-refractivity contribution in [1.82, 2.24) is 15.2 Å². The predicted molar refractivity (Wildman–Crippen MR) is 107 cm³/mol. The molecular weight excluding hydrogens is 340 g/mol. The number of carboxylic acids is 1. The monoisotopic (exact) mass is 360 g/mol. The van der Waals surface area contributed by atoms with Crippen LogP contribution in [0, 0.1) is 0 Å². The molecule has 0 bridgehead atoms. The lowest BCUT2D eigenvalue weighted by molar-refractivity contribution is 0.0697. The van der Waals surface area contributed by atoms with Crippen LogP contribution in [0.4, 0.5) is 5.69 Å². The number of anilines is 1. The average molecular weight is 360 g/mol. The van der Waals surface area contributed by atoms with Crippen molar-refractivity contribution in [3.63, 3.8) is 0 Å². The Hall–Kier alpha value is -3.41. The fourth-order valence-corrected chi connectivity index (χ4v) is 3.15. The van der Waals surface area contributed by atoms with Crippen LogP contribution in [0.2, 0.25) is 0 Å². The van der Waals surface area contributed by atoms with Gasteiger partial charge < -0.3 is 10.0 Å². The van der Waals surface area contributed by atoms with Gasteiger partial charge in [-0.25, -0.2) is 9.78 Å². The van der Waals surface area contributed by atoms with Gasteiger partial charge in [-0.3, -0.25) is 5.10 Å². The van der Waals surface area contributed by atoms with Crippen molar-refractivity contribution in [1.29, 1.82) is 0 Å². The van der Waals surface area contributed by atoms with Crippen LogP contribution in [0.3, 0.4) is 0 Å². The number of hydrogen-bond acceptors (Lipinski definition) is 4. The highest BCUT2D eigenvalue weighted by Crippen LogP contribution is 2.34. The van der Waals surface area contributed by atoms with Crippen LogP contribution >= 0.6 is 0 Å². The van der Waals surface area contributed by atoms with Gasteiger partial charge in [-0.1, -0.05) is 6.07 Å². The number of pyridine rings is 1. The molecule has 0 spiro atoms. The summed E-state index contributed by atoms with van der Waals surface area (Å²) in [5.41, 5.74) is 4.82. The number of carbonyl (C=O) groups is 1. The zero-order valence-electron chi connectivity index (χ0n) is 15.4. The molecule has 27 heavy (non-hydrogen) atoms. The maximum absolute atomic E-state index is 11.3. The van der Waals surface area contributed by atoms with E-state index in [1.807, 2.05) is 25.2 Å². The molecule has 2 aromatic carbocycles. The summed E-state index contributed by atoms with van der Waals surface area (Å²) in [4.78, 5) is 18.3. The largest absolute Gasteiger partial charge is 0.478 e. The quantitative estimate of drug-likeness (QED) is 0.566. The van der Waals surface area contributed by atoms with E-state index in [4.69, 9.17) is 4.98 Å². The van der Waals surface area contributed by atoms with Crippen LogP contribution in [0.15, 0.2) is 48.7 Å². The van der Waals surface area contributed by atoms with Crippen molar-refractivity contribution in [3.05, 3.63) is 54.2 Å². The minimum absolute atomic E-state index is 0.259. The third kappa shape index (κ3) is 2.99. The lowest BCUT2D eigenvalue weighted by Crippen LogP contribution is -2.26. The molecule has 0 unspecified atom stereocenters. The molecule has 136 valence electrons. The van der Waals surface area contributed by atoms with E-state index in [0.29, 0.717) is 0 Å². The topological polar surface area (TPSA) is 82.1 Å². The van der Waals surface area contributed by atoms with Crippen LogP contribution in [-0.4, -0.2) is 39.3 Å². The Labute approximate surface area is 156 Å². The molecule has 2 aromatic heterocycles. The molecule has 0 saturated heterocycles. The molecule has 0 radical (unpaired) electrons. The molecule has 6 nitrogen and oxygen atoms in total. The predicted octanol–water partition coefficient (Wildman–Crippen LogP) is 4.32. The zero-order valence-corrected chi connectivity index (χ0v) is 15.4. The molecule has 0 amide bonds. The average Bonchev–Trinajstić information content (AvgIpc) is 3.13. The fourth-order valence-electron chi connectivity index (χ4n) is 3.15.